The van der Waals surface area contributed by atoms with Crippen molar-refractivity contribution in [1.82, 2.24) is 4.57 Å². The summed E-state index contributed by atoms with van der Waals surface area (Å²) >= 11 is 0. The third kappa shape index (κ3) is 5.90. The van der Waals surface area contributed by atoms with E-state index in [4.69, 9.17) is 5.73 Å². The summed E-state index contributed by atoms with van der Waals surface area (Å²) < 4.78 is 42.0. The minimum absolute atomic E-state index is 0.0521. The van der Waals surface area contributed by atoms with E-state index < -0.39 is 17.6 Å². The molecule has 0 radical (unpaired) electrons. The minimum Gasteiger partial charge on any atom is -0.494 e. The number of hydrogen-bond acceptors (Lipinski definition) is 4. The quantitative estimate of drug-likeness (QED) is 0.396. The molecule has 186 valence electrons. The van der Waals surface area contributed by atoms with E-state index in [9.17, 15) is 27.9 Å². The van der Waals surface area contributed by atoms with Crippen LogP contribution in [0.2, 0.25) is 0 Å². The molecule has 0 aliphatic rings. The molecule has 3 rings (SSSR count). The second-order valence-corrected chi connectivity index (χ2v) is 8.63. The summed E-state index contributed by atoms with van der Waals surface area (Å²) in [5, 5.41) is 11.7. The Kier molecular flexibility index (Phi) is 7.67. The number of aromatic hydroxyl groups is 1. The number of amides is 1. The Morgan fingerprint density at radius 3 is 2.26 bits per heavy atom. The second kappa shape index (κ2) is 10.3. The number of benzene rings is 2. The molecule has 35 heavy (non-hydrogen) atoms. The van der Waals surface area contributed by atoms with Gasteiger partial charge in [0.15, 0.2) is 5.78 Å². The van der Waals surface area contributed by atoms with Crippen LogP contribution in [0.15, 0.2) is 41.4 Å². The van der Waals surface area contributed by atoms with E-state index >= 15 is 0 Å². The van der Waals surface area contributed by atoms with Crippen molar-refractivity contribution in [3.05, 3.63) is 58.7 Å². The summed E-state index contributed by atoms with van der Waals surface area (Å²) in [6.45, 7) is 5.40. The average Bonchev–Trinajstić information content (AvgIpc) is 3.04. The van der Waals surface area contributed by atoms with Crippen LogP contribution in [0.25, 0.3) is 16.6 Å². The van der Waals surface area contributed by atoms with E-state index in [0.717, 1.165) is 23.3 Å². The molecule has 0 saturated carbocycles. The molecule has 0 aliphatic carbocycles. The highest BCUT2D eigenvalue weighted by molar-refractivity contribution is 6.14. The van der Waals surface area contributed by atoms with E-state index in [-0.39, 0.29) is 42.1 Å². The minimum atomic E-state index is -4.56. The lowest BCUT2D eigenvalue weighted by Crippen LogP contribution is -2.14. The Balaban J connectivity index is 2.24. The van der Waals surface area contributed by atoms with Crippen molar-refractivity contribution in [2.24, 2.45) is 10.7 Å². The summed E-state index contributed by atoms with van der Waals surface area (Å²) in [6.07, 6.45) is -3.68. The van der Waals surface area contributed by atoms with E-state index in [1.807, 2.05) is 26.8 Å². The van der Waals surface area contributed by atoms with Crippen molar-refractivity contribution in [3.63, 3.8) is 0 Å². The molecule has 0 spiro atoms. The smallest absolute Gasteiger partial charge is 0.416 e. The van der Waals surface area contributed by atoms with Crippen molar-refractivity contribution >= 4 is 28.3 Å². The van der Waals surface area contributed by atoms with Crippen LogP contribution in [-0.2, 0) is 15.8 Å². The summed E-state index contributed by atoms with van der Waals surface area (Å²) in [4.78, 5) is 27.5. The van der Waals surface area contributed by atoms with Gasteiger partial charge in [-0.05, 0) is 55.7 Å². The number of hydrogen-bond donors (Lipinski definition) is 2. The molecular weight excluding hydrogens is 459 g/mol. The van der Waals surface area contributed by atoms with Crippen molar-refractivity contribution < 1.29 is 27.9 Å². The molecule has 0 saturated heterocycles. The van der Waals surface area contributed by atoms with Crippen molar-refractivity contribution in [2.75, 3.05) is 6.54 Å². The van der Waals surface area contributed by atoms with Crippen LogP contribution in [0.4, 0.5) is 13.2 Å². The number of carbonyl (C=O) groups is 2. The van der Waals surface area contributed by atoms with Gasteiger partial charge in [0.1, 0.15) is 0 Å². The number of alkyl halides is 3. The van der Waals surface area contributed by atoms with Crippen LogP contribution in [0.1, 0.15) is 54.9 Å². The predicted molar refractivity (Wildman–Crippen MR) is 129 cm³/mol. The maximum Gasteiger partial charge on any atom is 0.416 e. The van der Waals surface area contributed by atoms with Crippen LogP contribution >= 0.6 is 0 Å². The Hall–Kier alpha value is -3.62. The van der Waals surface area contributed by atoms with Gasteiger partial charge in [-0.25, -0.2) is 0 Å². The lowest BCUT2D eigenvalue weighted by molar-refractivity contribution is -0.137. The number of Topliss-reactive ketones (excluding diaryl/α,β-unsaturated/α-hetero) is 1. The maximum atomic E-state index is 13.5. The van der Waals surface area contributed by atoms with Gasteiger partial charge in [0, 0.05) is 29.6 Å². The highest BCUT2D eigenvalue weighted by atomic mass is 19.4. The van der Waals surface area contributed by atoms with Crippen molar-refractivity contribution in [3.8, 4) is 11.6 Å². The van der Waals surface area contributed by atoms with Crippen molar-refractivity contribution in [2.45, 2.75) is 52.6 Å². The van der Waals surface area contributed by atoms with Gasteiger partial charge in [-0.2, -0.15) is 13.2 Å². The summed E-state index contributed by atoms with van der Waals surface area (Å²) in [7, 11) is 0. The lowest BCUT2D eigenvalue weighted by Gasteiger charge is -2.11. The molecule has 0 fully saturated rings. The van der Waals surface area contributed by atoms with Crippen LogP contribution in [0, 0.1) is 13.8 Å². The molecule has 0 atom stereocenters. The van der Waals surface area contributed by atoms with Gasteiger partial charge in [-0.3, -0.25) is 19.1 Å². The fourth-order valence-corrected chi connectivity index (χ4v) is 4.12. The van der Waals surface area contributed by atoms with Crippen LogP contribution in [0.3, 0.4) is 0 Å². The first kappa shape index (κ1) is 26.0. The first-order valence-electron chi connectivity index (χ1n) is 11.3. The summed E-state index contributed by atoms with van der Waals surface area (Å²) in [5.41, 5.74) is 7.43. The molecule has 6 nitrogen and oxygen atoms in total. The normalized spacial score (nSPS) is 12.3. The molecule has 0 aliphatic heterocycles. The monoisotopic (exact) mass is 487 g/mol. The average molecular weight is 488 g/mol. The first-order chi connectivity index (χ1) is 16.4. The topological polar surface area (TPSA) is 97.7 Å². The third-order valence-corrected chi connectivity index (χ3v) is 5.61. The fraction of sp³-hybridized carbons (Fsp3) is 0.346. The second-order valence-electron chi connectivity index (χ2n) is 8.63. The van der Waals surface area contributed by atoms with Gasteiger partial charge in [-0.15, -0.1) is 0 Å². The van der Waals surface area contributed by atoms with Gasteiger partial charge in [0.05, 0.1) is 23.2 Å². The Morgan fingerprint density at radius 2 is 1.69 bits per heavy atom. The number of halogens is 3. The van der Waals surface area contributed by atoms with E-state index in [0.29, 0.717) is 29.6 Å². The molecule has 1 aromatic heterocycles. The Bertz CT molecular complexity index is 1290. The SMILES string of the molecule is CCCC(=NCC(=O)CCC(N)=O)c1c(O)n(-c2cc(C)cc(C)c2)c2cc(C(F)(F)F)ccc12. The van der Waals surface area contributed by atoms with E-state index in [1.54, 1.807) is 12.1 Å². The van der Waals surface area contributed by atoms with Crippen LogP contribution in [0.5, 0.6) is 5.88 Å². The summed E-state index contributed by atoms with van der Waals surface area (Å²) in [6, 6.07) is 8.79. The molecular formula is C26H28F3N3O3. The number of ketones is 1. The zero-order chi connectivity index (χ0) is 25.9. The number of aromatic nitrogens is 1. The van der Waals surface area contributed by atoms with Gasteiger partial charge in [-0.1, -0.05) is 25.5 Å². The zero-order valence-corrected chi connectivity index (χ0v) is 19.9. The highest BCUT2D eigenvalue weighted by Gasteiger charge is 2.32. The number of rotatable bonds is 9. The molecule has 1 heterocycles. The molecule has 3 N–H and O–H groups in total. The van der Waals surface area contributed by atoms with Crippen LogP contribution < -0.4 is 5.73 Å². The fourth-order valence-electron chi connectivity index (χ4n) is 4.12. The van der Waals surface area contributed by atoms with Crippen molar-refractivity contribution in [1.29, 1.82) is 0 Å². The Labute approximate surface area is 201 Å². The molecule has 2 aromatic carbocycles. The van der Waals surface area contributed by atoms with Gasteiger partial charge in [0.2, 0.25) is 11.8 Å². The zero-order valence-electron chi connectivity index (χ0n) is 19.9. The largest absolute Gasteiger partial charge is 0.494 e. The van der Waals surface area contributed by atoms with E-state index in [1.165, 1.54) is 10.6 Å². The molecule has 1 amide bonds. The first-order valence-corrected chi connectivity index (χ1v) is 11.3. The predicted octanol–water partition coefficient (Wildman–Crippen LogP) is 5.40. The Morgan fingerprint density at radius 1 is 1.03 bits per heavy atom. The third-order valence-electron chi connectivity index (χ3n) is 5.61. The van der Waals surface area contributed by atoms with Gasteiger partial charge >= 0.3 is 6.18 Å². The number of aliphatic imine (C=N–C) groups is 1. The highest BCUT2D eigenvalue weighted by Crippen LogP contribution is 2.39. The number of primary amides is 1. The van der Waals surface area contributed by atoms with E-state index in [2.05, 4.69) is 4.99 Å². The number of aryl methyl sites for hydroxylation is 2. The molecule has 0 bridgehead atoms. The molecule has 9 heteroatoms. The lowest BCUT2D eigenvalue weighted by atomic mass is 10.0. The number of fused-ring (bicyclic) bond motifs is 1. The standard InChI is InChI=1S/C26H28F3N3O3/c1-4-5-21(31-14-19(33)7-9-23(30)34)24-20-8-6-17(26(27,28)29)13-22(20)32(25(24)35)18-11-15(2)10-16(3)12-18/h6,8,10-13,35H,4-5,7,9,14H2,1-3H3,(H2,30,34). The van der Waals surface area contributed by atoms with Gasteiger partial charge in [0.25, 0.3) is 0 Å². The number of nitrogens with two attached hydrogens (primary N) is 1. The maximum absolute atomic E-state index is 13.5. The number of carbonyl (C=O) groups excluding carboxylic acids is 2. The summed E-state index contributed by atoms with van der Waals surface area (Å²) in [5.74, 6) is -1.14. The number of nitrogens with zero attached hydrogens (tertiary/aromatic N) is 2. The van der Waals surface area contributed by atoms with Crippen LogP contribution in [-0.4, -0.2) is 33.6 Å². The molecule has 3 aromatic rings. The van der Waals surface area contributed by atoms with Gasteiger partial charge < -0.3 is 10.8 Å². The molecule has 0 unspecified atom stereocenters.